The molecule has 2 aromatic heterocycles. The second-order valence-corrected chi connectivity index (χ2v) is 7.33. The van der Waals surface area contributed by atoms with E-state index in [1.54, 1.807) is 19.2 Å². The molecule has 3 rings (SSSR count). The third kappa shape index (κ3) is 5.66. The Morgan fingerprint density at radius 2 is 1.76 bits per heavy atom. The van der Waals surface area contributed by atoms with Crippen molar-refractivity contribution in [2.45, 2.75) is 33.9 Å². The lowest BCUT2D eigenvalue weighted by Gasteiger charge is -2.14. The van der Waals surface area contributed by atoms with Crippen molar-refractivity contribution in [3.8, 4) is 17.1 Å². The molecule has 0 unspecified atom stereocenters. The molecular formula is C23H22F3N5O3. The highest BCUT2D eigenvalue weighted by Gasteiger charge is 2.34. The first-order chi connectivity index (χ1) is 16.0. The van der Waals surface area contributed by atoms with Crippen molar-refractivity contribution in [1.82, 2.24) is 15.0 Å². The highest BCUT2D eigenvalue weighted by atomic mass is 19.4. The van der Waals surface area contributed by atoms with E-state index in [1.807, 2.05) is 13.8 Å². The molecule has 34 heavy (non-hydrogen) atoms. The number of hydrogen-bond donors (Lipinski definition) is 2. The van der Waals surface area contributed by atoms with Crippen molar-refractivity contribution in [2.75, 3.05) is 17.2 Å². The van der Waals surface area contributed by atoms with Crippen LogP contribution in [0.1, 0.15) is 41.2 Å². The Kier molecular flexibility index (Phi) is 7.14. The number of hydrogen-bond acceptors (Lipinski definition) is 6. The third-order valence-corrected chi connectivity index (χ3v) is 4.79. The molecule has 0 radical (unpaired) electrons. The maximum atomic E-state index is 13.3. The molecule has 2 amide bonds. The summed E-state index contributed by atoms with van der Waals surface area (Å²) in [6.07, 6.45) is -1.75. The van der Waals surface area contributed by atoms with Crippen molar-refractivity contribution in [1.29, 1.82) is 0 Å². The number of amides is 2. The van der Waals surface area contributed by atoms with Crippen LogP contribution < -0.4 is 15.4 Å². The number of ether oxygens (including phenoxy) is 1. The highest BCUT2D eigenvalue weighted by Crippen LogP contribution is 2.34. The second-order valence-electron chi connectivity index (χ2n) is 7.33. The van der Waals surface area contributed by atoms with E-state index < -0.39 is 29.1 Å². The molecule has 178 valence electrons. The van der Waals surface area contributed by atoms with E-state index in [2.05, 4.69) is 25.6 Å². The maximum Gasteiger partial charge on any atom is 0.417 e. The van der Waals surface area contributed by atoms with Crippen LogP contribution in [0, 0.1) is 13.8 Å². The van der Waals surface area contributed by atoms with Gasteiger partial charge in [0.15, 0.2) is 11.6 Å². The van der Waals surface area contributed by atoms with Gasteiger partial charge in [0.1, 0.15) is 5.75 Å². The number of rotatable bonds is 6. The fraction of sp³-hybridized carbons (Fsp3) is 0.261. The Bertz CT molecular complexity index is 1250. The van der Waals surface area contributed by atoms with E-state index >= 15 is 0 Å². The number of nitrogens with one attached hydrogen (secondary N) is 2. The largest absolute Gasteiger partial charge is 0.492 e. The first kappa shape index (κ1) is 24.6. The molecule has 0 aliphatic heterocycles. The van der Waals surface area contributed by atoms with Gasteiger partial charge in [0.2, 0.25) is 0 Å². The summed E-state index contributed by atoms with van der Waals surface area (Å²) in [6, 6.07) is 3.93. The Balaban J connectivity index is 1.77. The Morgan fingerprint density at radius 1 is 1.03 bits per heavy atom. The molecule has 3 aromatic rings. The van der Waals surface area contributed by atoms with Crippen LogP contribution in [0.25, 0.3) is 11.4 Å². The topological polar surface area (TPSA) is 106 Å². The van der Waals surface area contributed by atoms with Crippen molar-refractivity contribution < 1.29 is 27.5 Å². The maximum absolute atomic E-state index is 13.3. The molecule has 0 fully saturated rings. The molecule has 2 heterocycles. The number of halogens is 3. The second kappa shape index (κ2) is 9.86. The lowest BCUT2D eigenvalue weighted by molar-refractivity contribution is -0.137. The van der Waals surface area contributed by atoms with Gasteiger partial charge in [-0.15, -0.1) is 0 Å². The van der Waals surface area contributed by atoms with Gasteiger partial charge >= 0.3 is 12.2 Å². The number of nitrogens with zero attached hydrogens (tertiary/aromatic N) is 3. The molecule has 11 heteroatoms. The minimum atomic E-state index is -4.75. The number of anilines is 2. The lowest BCUT2D eigenvalue weighted by atomic mass is 10.0. The number of carbonyl (C=O) groups excluding carboxylic acids is 2. The molecule has 0 aliphatic rings. The fourth-order valence-electron chi connectivity index (χ4n) is 3.11. The number of aromatic nitrogens is 3. The Morgan fingerprint density at radius 3 is 2.38 bits per heavy atom. The number of carbonyl (C=O) groups is 2. The average molecular weight is 473 g/mol. The van der Waals surface area contributed by atoms with Gasteiger partial charge in [-0.1, -0.05) is 0 Å². The average Bonchev–Trinajstić information content (AvgIpc) is 2.76. The zero-order chi connectivity index (χ0) is 25.0. The zero-order valence-electron chi connectivity index (χ0n) is 18.9. The van der Waals surface area contributed by atoms with Crippen LogP contribution in [0.5, 0.6) is 5.75 Å². The molecule has 1 aromatic carbocycles. The minimum Gasteiger partial charge on any atom is -0.492 e. The number of ketones is 1. The predicted molar refractivity (Wildman–Crippen MR) is 120 cm³/mol. The SMILES string of the molecule is CCOc1cc(-c2ncc(NC(=O)Nc3ccc(C(C)=O)c(C(F)(F)F)c3)c(C)n2)cnc1C. The molecule has 8 nitrogen and oxygen atoms in total. The number of alkyl halides is 3. The number of aryl methyl sites for hydroxylation is 2. The van der Waals surface area contributed by atoms with E-state index in [9.17, 15) is 22.8 Å². The molecule has 2 N–H and O–H groups in total. The van der Waals surface area contributed by atoms with Crippen molar-refractivity contribution in [3.63, 3.8) is 0 Å². The van der Waals surface area contributed by atoms with E-state index in [0.717, 1.165) is 18.7 Å². The molecule has 0 saturated carbocycles. The first-order valence-electron chi connectivity index (χ1n) is 10.2. The normalized spacial score (nSPS) is 11.1. The number of pyridine rings is 1. The number of urea groups is 1. The standard InChI is InChI=1S/C23H22F3N5O3/c1-5-34-20-8-15(10-27-13(20)3)21-28-11-19(12(2)29-21)31-22(33)30-16-6-7-17(14(4)32)18(9-16)23(24,25)26/h6-11H,5H2,1-4H3,(H2,30,31,33). The van der Waals surface area contributed by atoms with Crippen LogP contribution in [-0.4, -0.2) is 33.4 Å². The van der Waals surface area contributed by atoms with E-state index in [1.165, 1.54) is 12.3 Å². The molecule has 0 atom stereocenters. The Hall–Kier alpha value is -4.02. The van der Waals surface area contributed by atoms with Gasteiger partial charge in [0.05, 0.1) is 35.4 Å². The van der Waals surface area contributed by atoms with Gasteiger partial charge in [0.25, 0.3) is 0 Å². The van der Waals surface area contributed by atoms with Gasteiger partial charge in [-0.25, -0.2) is 14.8 Å². The van der Waals surface area contributed by atoms with Gasteiger partial charge in [-0.3, -0.25) is 9.78 Å². The molecule has 0 spiro atoms. The quantitative estimate of drug-likeness (QED) is 0.463. The lowest BCUT2D eigenvalue weighted by Crippen LogP contribution is -2.21. The summed E-state index contributed by atoms with van der Waals surface area (Å²) < 4.78 is 45.4. The first-order valence-corrected chi connectivity index (χ1v) is 10.2. The van der Waals surface area contributed by atoms with Crippen LogP contribution in [0.3, 0.4) is 0 Å². The van der Waals surface area contributed by atoms with Crippen LogP contribution in [0.4, 0.5) is 29.3 Å². The summed E-state index contributed by atoms with van der Waals surface area (Å²) in [5.74, 6) is 0.247. The van der Waals surface area contributed by atoms with Crippen molar-refractivity contribution in [2.24, 2.45) is 0 Å². The summed E-state index contributed by atoms with van der Waals surface area (Å²) >= 11 is 0. The van der Waals surface area contributed by atoms with Gasteiger partial charge < -0.3 is 15.4 Å². The monoisotopic (exact) mass is 473 g/mol. The van der Waals surface area contributed by atoms with Crippen LogP contribution in [0.15, 0.2) is 36.7 Å². The summed E-state index contributed by atoms with van der Waals surface area (Å²) in [5.41, 5.74) is 0.320. The van der Waals surface area contributed by atoms with E-state index in [-0.39, 0.29) is 11.4 Å². The molecule has 0 bridgehead atoms. The number of Topliss-reactive ketones (excluding diaryl/α,β-unsaturated/α-hetero) is 1. The van der Waals surface area contributed by atoms with Gasteiger partial charge in [-0.05, 0) is 52.0 Å². The van der Waals surface area contributed by atoms with Crippen LogP contribution in [-0.2, 0) is 6.18 Å². The van der Waals surface area contributed by atoms with Gasteiger partial charge in [0, 0.05) is 23.0 Å². The minimum absolute atomic E-state index is 0.126. The molecule has 0 aliphatic carbocycles. The van der Waals surface area contributed by atoms with Crippen molar-refractivity contribution in [3.05, 3.63) is 59.2 Å². The predicted octanol–water partition coefficient (Wildman–Crippen LogP) is 5.42. The number of benzene rings is 1. The zero-order valence-corrected chi connectivity index (χ0v) is 18.9. The highest BCUT2D eigenvalue weighted by molar-refractivity contribution is 6.01. The smallest absolute Gasteiger partial charge is 0.417 e. The summed E-state index contributed by atoms with van der Waals surface area (Å²) in [7, 11) is 0. The molecule has 0 saturated heterocycles. The molecular weight excluding hydrogens is 451 g/mol. The van der Waals surface area contributed by atoms with Crippen LogP contribution >= 0.6 is 0 Å². The van der Waals surface area contributed by atoms with E-state index in [0.29, 0.717) is 35.5 Å². The third-order valence-electron chi connectivity index (χ3n) is 4.79. The summed E-state index contributed by atoms with van der Waals surface area (Å²) in [6.45, 7) is 6.85. The fourth-order valence-corrected chi connectivity index (χ4v) is 3.11. The summed E-state index contributed by atoms with van der Waals surface area (Å²) in [5, 5.41) is 4.84. The van der Waals surface area contributed by atoms with E-state index in [4.69, 9.17) is 4.74 Å². The van der Waals surface area contributed by atoms with Crippen LogP contribution in [0.2, 0.25) is 0 Å². The van der Waals surface area contributed by atoms with Crippen molar-refractivity contribution >= 4 is 23.2 Å². The summed E-state index contributed by atoms with van der Waals surface area (Å²) in [4.78, 5) is 36.8. The van der Waals surface area contributed by atoms with Gasteiger partial charge in [-0.2, -0.15) is 13.2 Å². The Labute approximate surface area is 193 Å².